The quantitative estimate of drug-likeness (QED) is 0.669. The molecule has 0 radical (unpaired) electrons. The first-order chi connectivity index (χ1) is 7.25. The van der Waals surface area contributed by atoms with E-state index in [9.17, 15) is 4.79 Å². The van der Waals surface area contributed by atoms with Gasteiger partial charge in [0, 0.05) is 19.3 Å². The van der Waals surface area contributed by atoms with Crippen molar-refractivity contribution in [1.29, 1.82) is 0 Å². The minimum atomic E-state index is -0.381. The summed E-state index contributed by atoms with van der Waals surface area (Å²) < 4.78 is 6.32. The zero-order chi connectivity index (χ0) is 10.7. The number of aromatic nitrogens is 4. The lowest BCUT2D eigenvalue weighted by Gasteiger charge is -1.97. The van der Waals surface area contributed by atoms with Crippen LogP contribution in [0.2, 0.25) is 0 Å². The van der Waals surface area contributed by atoms with E-state index in [-0.39, 0.29) is 5.97 Å². The molecule has 0 aliphatic heterocycles. The molecule has 0 unspecified atom stereocenters. The molecule has 6 heteroatoms. The maximum absolute atomic E-state index is 10.7. The first-order valence-electron chi connectivity index (χ1n) is 4.25. The molecule has 76 valence electrons. The van der Waals surface area contributed by atoms with Crippen LogP contribution in [0.5, 0.6) is 5.75 Å². The molecule has 0 saturated carbocycles. The van der Waals surface area contributed by atoms with Crippen molar-refractivity contribution in [2.45, 2.75) is 6.92 Å². The van der Waals surface area contributed by atoms with Gasteiger partial charge in [0.1, 0.15) is 0 Å². The van der Waals surface area contributed by atoms with Crippen LogP contribution in [-0.2, 0) is 4.79 Å². The second kappa shape index (κ2) is 3.87. The lowest BCUT2D eigenvalue weighted by atomic mass is 10.6. The number of carbonyl (C=O) groups is 1. The maximum atomic E-state index is 10.7. The lowest BCUT2D eigenvalue weighted by molar-refractivity contribution is -0.131. The van der Waals surface area contributed by atoms with E-state index in [1.807, 2.05) is 0 Å². The monoisotopic (exact) mass is 204 g/mol. The fourth-order valence-electron chi connectivity index (χ4n) is 1.06. The molecule has 0 fully saturated rings. The maximum Gasteiger partial charge on any atom is 0.308 e. The molecule has 2 rings (SSSR count). The van der Waals surface area contributed by atoms with E-state index in [0.29, 0.717) is 11.6 Å². The molecule has 2 aromatic heterocycles. The van der Waals surface area contributed by atoms with Crippen LogP contribution in [0.1, 0.15) is 6.92 Å². The van der Waals surface area contributed by atoms with Crippen molar-refractivity contribution in [1.82, 2.24) is 19.7 Å². The molecule has 0 bridgehead atoms. The predicted molar refractivity (Wildman–Crippen MR) is 50.5 cm³/mol. The van der Waals surface area contributed by atoms with Crippen LogP contribution >= 0.6 is 0 Å². The third-order valence-electron chi connectivity index (χ3n) is 1.60. The van der Waals surface area contributed by atoms with Crippen LogP contribution in [0.15, 0.2) is 31.0 Å². The van der Waals surface area contributed by atoms with E-state index in [1.165, 1.54) is 17.8 Å². The highest BCUT2D eigenvalue weighted by Crippen LogP contribution is 2.11. The average molecular weight is 204 g/mol. The zero-order valence-electron chi connectivity index (χ0n) is 7.99. The fourth-order valence-corrected chi connectivity index (χ4v) is 1.06. The molecular formula is C9H8N4O2. The van der Waals surface area contributed by atoms with Crippen molar-refractivity contribution in [3.63, 3.8) is 0 Å². The van der Waals surface area contributed by atoms with E-state index in [0.717, 1.165) is 0 Å². The van der Waals surface area contributed by atoms with Crippen molar-refractivity contribution >= 4 is 5.97 Å². The van der Waals surface area contributed by atoms with Gasteiger partial charge in [0.25, 0.3) is 0 Å². The Labute approximate surface area is 85.5 Å². The Hall–Kier alpha value is -2.24. The summed E-state index contributed by atoms with van der Waals surface area (Å²) in [6.07, 6.45) is 7.69. The fraction of sp³-hybridized carbons (Fsp3) is 0.111. The number of hydrogen-bond donors (Lipinski definition) is 0. The summed E-state index contributed by atoms with van der Waals surface area (Å²) in [5, 5.41) is 3.98. The molecule has 0 aromatic carbocycles. The Balaban J connectivity index is 2.24. The number of carbonyl (C=O) groups excluding carboxylic acids is 1. The average Bonchev–Trinajstić information content (AvgIpc) is 2.67. The molecule has 0 amide bonds. The second-order valence-corrected chi connectivity index (χ2v) is 2.78. The largest absolute Gasteiger partial charge is 0.423 e. The normalized spacial score (nSPS) is 9.93. The lowest BCUT2D eigenvalue weighted by Crippen LogP contribution is -2.00. The van der Waals surface area contributed by atoms with E-state index in [4.69, 9.17) is 4.74 Å². The van der Waals surface area contributed by atoms with Gasteiger partial charge in [-0.25, -0.2) is 9.67 Å². The smallest absolute Gasteiger partial charge is 0.308 e. The molecule has 0 N–H and O–H groups in total. The van der Waals surface area contributed by atoms with Gasteiger partial charge < -0.3 is 4.74 Å². The summed E-state index contributed by atoms with van der Waals surface area (Å²) in [6.45, 7) is 1.33. The zero-order valence-corrected chi connectivity index (χ0v) is 7.99. The standard InChI is InChI=1S/C9H8N4O2/c1-7(14)15-8-4-12-13(6-8)9-5-10-2-3-11-9/h2-6H,1H3. The minimum absolute atomic E-state index is 0.381. The summed E-state index contributed by atoms with van der Waals surface area (Å²) in [5.41, 5.74) is 0. The van der Waals surface area contributed by atoms with Crippen LogP contribution in [0.25, 0.3) is 5.82 Å². The molecule has 2 heterocycles. The third-order valence-corrected chi connectivity index (χ3v) is 1.60. The van der Waals surface area contributed by atoms with Crippen LogP contribution in [0, 0.1) is 0 Å². The van der Waals surface area contributed by atoms with Gasteiger partial charge in [-0.3, -0.25) is 9.78 Å². The highest BCUT2D eigenvalue weighted by Gasteiger charge is 2.04. The third kappa shape index (κ3) is 2.16. The van der Waals surface area contributed by atoms with Crippen molar-refractivity contribution in [2.75, 3.05) is 0 Å². The van der Waals surface area contributed by atoms with Gasteiger partial charge in [0.05, 0.1) is 18.6 Å². The van der Waals surface area contributed by atoms with Crippen LogP contribution < -0.4 is 4.74 Å². The van der Waals surface area contributed by atoms with Crippen LogP contribution in [-0.4, -0.2) is 25.7 Å². The van der Waals surface area contributed by atoms with Crippen LogP contribution in [0.3, 0.4) is 0 Å². The summed E-state index contributed by atoms with van der Waals surface area (Å²) in [4.78, 5) is 18.6. The van der Waals surface area contributed by atoms with Gasteiger partial charge in [-0.15, -0.1) is 0 Å². The first kappa shape index (κ1) is 9.32. The van der Waals surface area contributed by atoms with Crippen molar-refractivity contribution < 1.29 is 9.53 Å². The predicted octanol–water partition coefficient (Wildman–Crippen LogP) is 0.588. The topological polar surface area (TPSA) is 69.9 Å². The molecule has 0 saturated heterocycles. The number of rotatable bonds is 2. The Morgan fingerprint density at radius 2 is 2.27 bits per heavy atom. The molecule has 0 aliphatic rings. The molecule has 2 aromatic rings. The molecule has 6 nitrogen and oxygen atoms in total. The second-order valence-electron chi connectivity index (χ2n) is 2.78. The van der Waals surface area contributed by atoms with E-state index >= 15 is 0 Å². The van der Waals surface area contributed by atoms with Crippen molar-refractivity contribution in [3.8, 4) is 11.6 Å². The number of esters is 1. The Morgan fingerprint density at radius 3 is 2.93 bits per heavy atom. The van der Waals surface area contributed by atoms with Gasteiger partial charge in [-0.05, 0) is 0 Å². The summed E-state index contributed by atoms with van der Waals surface area (Å²) in [7, 11) is 0. The molecule has 15 heavy (non-hydrogen) atoms. The van der Waals surface area contributed by atoms with Crippen molar-refractivity contribution in [2.24, 2.45) is 0 Å². The van der Waals surface area contributed by atoms with Gasteiger partial charge >= 0.3 is 5.97 Å². The first-order valence-corrected chi connectivity index (χ1v) is 4.25. The Morgan fingerprint density at radius 1 is 1.40 bits per heavy atom. The number of nitrogens with zero attached hydrogens (tertiary/aromatic N) is 4. The Kier molecular flexibility index (Phi) is 2.40. The number of hydrogen-bond acceptors (Lipinski definition) is 5. The van der Waals surface area contributed by atoms with Gasteiger partial charge in [0.2, 0.25) is 0 Å². The molecular weight excluding hydrogens is 196 g/mol. The summed E-state index contributed by atoms with van der Waals surface area (Å²) in [6, 6.07) is 0. The SMILES string of the molecule is CC(=O)Oc1cnn(-c2cnccn2)c1. The van der Waals surface area contributed by atoms with E-state index < -0.39 is 0 Å². The van der Waals surface area contributed by atoms with E-state index in [2.05, 4.69) is 15.1 Å². The highest BCUT2D eigenvalue weighted by molar-refractivity contribution is 5.69. The highest BCUT2D eigenvalue weighted by atomic mass is 16.5. The molecule has 0 aliphatic carbocycles. The molecule has 0 atom stereocenters. The van der Waals surface area contributed by atoms with Gasteiger partial charge in [-0.2, -0.15) is 5.10 Å². The minimum Gasteiger partial charge on any atom is -0.423 e. The number of ether oxygens (including phenoxy) is 1. The summed E-state index contributed by atoms with van der Waals surface area (Å²) >= 11 is 0. The van der Waals surface area contributed by atoms with Gasteiger partial charge in [0.15, 0.2) is 11.6 Å². The Bertz CT molecular complexity index is 466. The van der Waals surface area contributed by atoms with Gasteiger partial charge in [-0.1, -0.05) is 0 Å². The summed E-state index contributed by atoms with van der Waals surface area (Å²) in [5.74, 6) is 0.567. The van der Waals surface area contributed by atoms with Crippen LogP contribution in [0.4, 0.5) is 0 Å². The van der Waals surface area contributed by atoms with Crippen molar-refractivity contribution in [3.05, 3.63) is 31.0 Å². The van der Waals surface area contributed by atoms with E-state index in [1.54, 1.807) is 24.8 Å². The molecule has 0 spiro atoms.